The van der Waals surface area contributed by atoms with Crippen molar-refractivity contribution in [2.45, 2.75) is 91.6 Å². The topological polar surface area (TPSA) is 132 Å². The molecular formula is C36H42O7. The number of ketones is 3. The zero-order valence-corrected chi connectivity index (χ0v) is 25.7. The third-order valence-corrected chi connectivity index (χ3v) is 11.2. The third-order valence-electron chi connectivity index (χ3n) is 11.2. The molecular weight excluding hydrogens is 544 g/mol. The molecule has 5 aliphatic rings. The number of hydrogen-bond acceptors (Lipinski definition) is 7. The second kappa shape index (κ2) is 9.78. The monoisotopic (exact) mass is 586 g/mol. The van der Waals surface area contributed by atoms with E-state index in [1.807, 2.05) is 26.8 Å². The molecule has 7 heteroatoms. The van der Waals surface area contributed by atoms with Gasteiger partial charge in [-0.1, -0.05) is 77.2 Å². The van der Waals surface area contributed by atoms with Gasteiger partial charge >= 0.3 is 0 Å². The van der Waals surface area contributed by atoms with Gasteiger partial charge in [0.05, 0.1) is 5.56 Å². The number of aliphatic hydroxyl groups excluding tert-OH is 2. The van der Waals surface area contributed by atoms with Crippen LogP contribution in [-0.4, -0.2) is 43.4 Å². The largest absolute Gasteiger partial charge is 0.511 e. The van der Waals surface area contributed by atoms with E-state index in [2.05, 4.69) is 12.2 Å². The van der Waals surface area contributed by atoms with Crippen molar-refractivity contribution in [3.63, 3.8) is 0 Å². The van der Waals surface area contributed by atoms with Crippen molar-refractivity contribution in [3.05, 3.63) is 69.2 Å². The highest BCUT2D eigenvalue weighted by Crippen LogP contribution is 2.65. The van der Waals surface area contributed by atoms with Crippen LogP contribution in [0.25, 0.3) is 5.57 Å². The van der Waals surface area contributed by atoms with Crippen molar-refractivity contribution in [3.8, 4) is 5.75 Å². The number of benzene rings is 1. The number of fused-ring (bicyclic) bond motifs is 3. The van der Waals surface area contributed by atoms with Crippen molar-refractivity contribution in [2.75, 3.05) is 0 Å². The molecule has 7 nitrogen and oxygen atoms in total. The van der Waals surface area contributed by atoms with Crippen LogP contribution in [-0.2, 0) is 16.0 Å². The molecule has 4 N–H and O–H groups in total. The van der Waals surface area contributed by atoms with Crippen LogP contribution in [0.3, 0.4) is 0 Å². The SMILES string of the molecule is CC(=O)C1=C(O)C(C(C)C)[C@@]2(C)C[C@@]3(C)Cc4c(C5=CC=C(CC6CCCC6)C5)ccc(O)c4C(=O)C3=C(O)[C@@]2(O)C1=O. The second-order valence-electron chi connectivity index (χ2n) is 14.5. The minimum absolute atomic E-state index is 0.0720. The molecule has 1 unspecified atom stereocenters. The predicted octanol–water partition coefficient (Wildman–Crippen LogP) is 6.64. The van der Waals surface area contributed by atoms with E-state index in [4.69, 9.17) is 0 Å². The summed E-state index contributed by atoms with van der Waals surface area (Å²) in [7, 11) is 0. The van der Waals surface area contributed by atoms with Crippen molar-refractivity contribution < 1.29 is 34.8 Å². The van der Waals surface area contributed by atoms with Gasteiger partial charge in [-0.05, 0) is 67.2 Å². The molecule has 0 aliphatic heterocycles. The van der Waals surface area contributed by atoms with Gasteiger partial charge in [-0.2, -0.15) is 0 Å². The Bertz CT molecular complexity index is 1600. The van der Waals surface area contributed by atoms with Crippen LogP contribution in [0.2, 0.25) is 0 Å². The number of hydrogen-bond donors (Lipinski definition) is 4. The molecule has 0 aromatic heterocycles. The molecule has 1 aromatic carbocycles. The van der Waals surface area contributed by atoms with Gasteiger partial charge in [0, 0.05) is 22.3 Å². The lowest BCUT2D eigenvalue weighted by Crippen LogP contribution is -2.67. The summed E-state index contributed by atoms with van der Waals surface area (Å²) in [6, 6.07) is 3.35. The van der Waals surface area contributed by atoms with Gasteiger partial charge in [0.2, 0.25) is 5.78 Å². The maximum atomic E-state index is 14.3. The summed E-state index contributed by atoms with van der Waals surface area (Å²) >= 11 is 0. The minimum atomic E-state index is -2.60. The van der Waals surface area contributed by atoms with Crippen molar-refractivity contribution in [2.24, 2.45) is 28.6 Å². The van der Waals surface area contributed by atoms with Gasteiger partial charge in [-0.25, -0.2) is 0 Å². The number of Topliss-reactive ketones (excluding diaryl/α,β-unsaturated/α-hetero) is 3. The fraction of sp³-hybridized carbons (Fsp3) is 0.528. The molecule has 6 rings (SSSR count). The first-order chi connectivity index (χ1) is 20.2. The summed E-state index contributed by atoms with van der Waals surface area (Å²) in [5.74, 6) is -4.27. The fourth-order valence-electron chi connectivity index (χ4n) is 9.52. The Morgan fingerprint density at radius 2 is 1.72 bits per heavy atom. The molecule has 228 valence electrons. The van der Waals surface area contributed by atoms with E-state index in [9.17, 15) is 34.8 Å². The quantitative estimate of drug-likeness (QED) is 0.284. The summed E-state index contributed by atoms with van der Waals surface area (Å²) < 4.78 is 0. The Balaban J connectivity index is 1.47. The highest BCUT2D eigenvalue weighted by molar-refractivity contribution is 6.25. The normalized spacial score (nSPS) is 32.6. The number of carbonyl (C=O) groups excluding carboxylic acids is 3. The van der Waals surface area contributed by atoms with Crippen LogP contribution in [0, 0.1) is 28.6 Å². The Hall–Kier alpha value is -3.45. The molecule has 1 aromatic rings. The molecule has 0 saturated heterocycles. The number of rotatable bonds is 5. The lowest BCUT2D eigenvalue weighted by molar-refractivity contribution is -0.171. The van der Waals surface area contributed by atoms with Gasteiger partial charge in [-0.3, -0.25) is 14.4 Å². The van der Waals surface area contributed by atoms with E-state index in [-0.39, 0.29) is 41.4 Å². The van der Waals surface area contributed by atoms with Crippen LogP contribution in [0.15, 0.2) is 52.5 Å². The molecule has 0 heterocycles. The molecule has 43 heavy (non-hydrogen) atoms. The number of aliphatic hydroxyl groups is 3. The molecule has 0 amide bonds. The lowest BCUT2D eigenvalue weighted by atomic mass is 9.44. The van der Waals surface area contributed by atoms with Gasteiger partial charge in [0.25, 0.3) is 0 Å². The third kappa shape index (κ3) is 3.99. The maximum absolute atomic E-state index is 14.3. The summed E-state index contributed by atoms with van der Waals surface area (Å²) in [5.41, 5.74) is -1.63. The summed E-state index contributed by atoms with van der Waals surface area (Å²) in [6.45, 7) is 8.30. The molecule has 0 bridgehead atoms. The average Bonchev–Trinajstić information content (AvgIpc) is 3.58. The number of allylic oxidation sites excluding steroid dienone is 6. The van der Waals surface area contributed by atoms with Gasteiger partial charge in [-0.15, -0.1) is 0 Å². The number of aromatic hydroxyl groups is 1. The van der Waals surface area contributed by atoms with E-state index < -0.39 is 51.0 Å². The summed E-state index contributed by atoms with van der Waals surface area (Å²) in [6.07, 6.45) is 11.6. The van der Waals surface area contributed by atoms with Crippen LogP contribution < -0.4 is 0 Å². The molecule has 0 radical (unpaired) electrons. The first kappa shape index (κ1) is 29.6. The van der Waals surface area contributed by atoms with Crippen LogP contribution >= 0.6 is 0 Å². The van der Waals surface area contributed by atoms with Crippen LogP contribution in [0.4, 0.5) is 0 Å². The molecule has 1 fully saturated rings. The Morgan fingerprint density at radius 3 is 2.35 bits per heavy atom. The van der Waals surface area contributed by atoms with Crippen molar-refractivity contribution in [1.29, 1.82) is 0 Å². The number of phenolic OH excluding ortho intramolecular Hbond substituents is 1. The first-order valence-corrected chi connectivity index (χ1v) is 15.6. The molecule has 1 saturated carbocycles. The van der Waals surface area contributed by atoms with E-state index in [0.717, 1.165) is 30.9 Å². The van der Waals surface area contributed by atoms with E-state index in [1.54, 1.807) is 6.92 Å². The smallest absolute Gasteiger partial charge is 0.209 e. The maximum Gasteiger partial charge on any atom is 0.209 e. The highest BCUT2D eigenvalue weighted by atomic mass is 16.3. The van der Waals surface area contributed by atoms with E-state index >= 15 is 0 Å². The van der Waals surface area contributed by atoms with Crippen molar-refractivity contribution in [1.82, 2.24) is 0 Å². The van der Waals surface area contributed by atoms with Crippen molar-refractivity contribution >= 4 is 22.9 Å². The van der Waals surface area contributed by atoms with Gasteiger partial charge in [0.1, 0.15) is 22.8 Å². The first-order valence-electron chi connectivity index (χ1n) is 15.6. The Labute approximate surface area is 252 Å². The highest BCUT2D eigenvalue weighted by Gasteiger charge is 2.71. The van der Waals surface area contributed by atoms with Crippen LogP contribution in [0.5, 0.6) is 5.75 Å². The number of carbonyl (C=O) groups is 3. The zero-order valence-electron chi connectivity index (χ0n) is 25.7. The second-order valence-corrected chi connectivity index (χ2v) is 14.5. The average molecular weight is 587 g/mol. The summed E-state index contributed by atoms with van der Waals surface area (Å²) in [5, 5.41) is 46.4. The molecule has 4 atom stereocenters. The lowest BCUT2D eigenvalue weighted by Gasteiger charge is -2.59. The Kier molecular flexibility index (Phi) is 6.74. The molecule has 0 spiro atoms. The van der Waals surface area contributed by atoms with E-state index in [0.29, 0.717) is 11.5 Å². The Morgan fingerprint density at radius 1 is 1.05 bits per heavy atom. The van der Waals surface area contributed by atoms with Gasteiger partial charge < -0.3 is 20.4 Å². The van der Waals surface area contributed by atoms with Crippen LogP contribution in [0.1, 0.15) is 101 Å². The van der Waals surface area contributed by atoms with E-state index in [1.165, 1.54) is 37.3 Å². The molecule has 5 aliphatic carbocycles. The summed E-state index contributed by atoms with van der Waals surface area (Å²) in [4.78, 5) is 40.7. The van der Waals surface area contributed by atoms with Gasteiger partial charge in [0.15, 0.2) is 17.2 Å². The minimum Gasteiger partial charge on any atom is -0.511 e. The standard InChI is InChI=1S/C36H42O7/c1-18(2)28-30(39)26(19(3)37)32(41)36(43)33(42)29-31(40)27-24(16-34(29,4)17-35(28,36)5)23(12-13-25(27)38)22-11-10-21(15-22)14-20-8-6-7-9-20/h10-13,18,20,28,38-39,42-43H,6-9,14-17H2,1-5H3/t28?,34-,35-,36+/m1/s1. The zero-order chi connectivity index (χ0) is 31.2. The predicted molar refractivity (Wildman–Crippen MR) is 162 cm³/mol. The number of phenols is 1. The fourth-order valence-corrected chi connectivity index (χ4v) is 9.52.